The van der Waals surface area contributed by atoms with Crippen molar-refractivity contribution in [2.45, 2.75) is 19.3 Å². The fourth-order valence-corrected chi connectivity index (χ4v) is 2.09. The van der Waals surface area contributed by atoms with Crippen LogP contribution in [0.1, 0.15) is 30.7 Å². The molecule has 15 heavy (non-hydrogen) atoms. The van der Waals surface area contributed by atoms with Crippen LogP contribution in [-0.2, 0) is 0 Å². The molecule has 1 aliphatic rings. The van der Waals surface area contributed by atoms with E-state index in [-0.39, 0.29) is 5.56 Å². The van der Waals surface area contributed by atoms with Gasteiger partial charge in [0.25, 0.3) is 5.56 Å². The van der Waals surface area contributed by atoms with E-state index in [0.717, 1.165) is 17.8 Å². The van der Waals surface area contributed by atoms with Gasteiger partial charge >= 0.3 is 0 Å². The molecule has 0 bridgehead atoms. The largest absolute Gasteiger partial charge is 0.321 e. The number of aromatic amines is 1. The Morgan fingerprint density at radius 1 is 1.60 bits per heavy atom. The van der Waals surface area contributed by atoms with Crippen LogP contribution in [0.2, 0.25) is 0 Å². The van der Waals surface area contributed by atoms with Crippen molar-refractivity contribution < 1.29 is 0 Å². The van der Waals surface area contributed by atoms with E-state index in [1.165, 1.54) is 0 Å². The minimum Gasteiger partial charge on any atom is -0.321 e. The van der Waals surface area contributed by atoms with E-state index in [1.807, 2.05) is 16.7 Å². The maximum absolute atomic E-state index is 11.7. The van der Waals surface area contributed by atoms with Crippen molar-refractivity contribution in [3.8, 4) is 0 Å². The van der Waals surface area contributed by atoms with Crippen LogP contribution in [0, 0.1) is 0 Å². The molecule has 0 amide bonds. The average Bonchev–Trinajstić information content (AvgIpc) is 2.69. The number of nitrogens with one attached hydrogen (secondary N) is 1. The van der Waals surface area contributed by atoms with E-state index < -0.39 is 0 Å². The molecule has 3 rings (SSSR count). The van der Waals surface area contributed by atoms with E-state index in [0.29, 0.717) is 11.6 Å². The number of aromatic nitrogens is 3. The van der Waals surface area contributed by atoms with E-state index in [4.69, 9.17) is 0 Å². The SMILES string of the molecule is CC1CC=Cc2c1[nH]c(=O)c1nccn21. The Morgan fingerprint density at radius 3 is 3.33 bits per heavy atom. The molecule has 4 heteroatoms. The van der Waals surface area contributed by atoms with E-state index >= 15 is 0 Å². The molecule has 1 unspecified atom stereocenters. The lowest BCUT2D eigenvalue weighted by Crippen LogP contribution is -2.18. The van der Waals surface area contributed by atoms with Crippen molar-refractivity contribution in [2.75, 3.05) is 0 Å². The van der Waals surface area contributed by atoms with Gasteiger partial charge in [0.05, 0.1) is 5.69 Å². The van der Waals surface area contributed by atoms with Gasteiger partial charge in [-0.2, -0.15) is 0 Å². The first-order valence-corrected chi connectivity index (χ1v) is 5.03. The lowest BCUT2D eigenvalue weighted by molar-refractivity contribution is 0.722. The number of hydrogen-bond acceptors (Lipinski definition) is 2. The summed E-state index contributed by atoms with van der Waals surface area (Å²) in [6.45, 7) is 2.11. The Labute approximate surface area is 86.3 Å². The fourth-order valence-electron chi connectivity index (χ4n) is 2.09. The summed E-state index contributed by atoms with van der Waals surface area (Å²) in [5.41, 5.74) is 2.40. The number of nitrogens with zero attached hydrogens (tertiary/aromatic N) is 2. The fraction of sp³-hybridized carbons (Fsp3) is 0.273. The van der Waals surface area contributed by atoms with Gasteiger partial charge in [-0.15, -0.1) is 0 Å². The smallest absolute Gasteiger partial charge is 0.291 e. The van der Waals surface area contributed by atoms with Crippen LogP contribution in [-0.4, -0.2) is 14.4 Å². The standard InChI is InChI=1S/C11H11N3O/c1-7-3-2-4-8-9(7)13-11(15)10-12-5-6-14(8)10/h2,4-7H,3H2,1H3,(H,13,15). The predicted octanol–water partition coefficient (Wildman–Crippen LogP) is 1.54. The summed E-state index contributed by atoms with van der Waals surface area (Å²) in [6, 6.07) is 0. The van der Waals surface area contributed by atoms with Crippen LogP contribution < -0.4 is 5.56 Å². The van der Waals surface area contributed by atoms with Crippen LogP contribution in [0.15, 0.2) is 23.3 Å². The highest BCUT2D eigenvalue weighted by Crippen LogP contribution is 2.26. The average molecular weight is 201 g/mol. The van der Waals surface area contributed by atoms with Gasteiger partial charge in [-0.1, -0.05) is 13.0 Å². The topological polar surface area (TPSA) is 50.2 Å². The maximum Gasteiger partial charge on any atom is 0.291 e. The second-order valence-electron chi connectivity index (χ2n) is 3.91. The van der Waals surface area contributed by atoms with Gasteiger partial charge in [0.2, 0.25) is 5.65 Å². The highest BCUT2D eigenvalue weighted by Gasteiger charge is 2.17. The second-order valence-corrected chi connectivity index (χ2v) is 3.91. The van der Waals surface area contributed by atoms with E-state index in [1.54, 1.807) is 6.20 Å². The first-order chi connectivity index (χ1) is 7.27. The molecular formula is C11H11N3O. The summed E-state index contributed by atoms with van der Waals surface area (Å²) < 4.78 is 1.85. The number of rotatable bonds is 0. The molecule has 0 aromatic carbocycles. The Bertz CT molecular complexity index is 606. The van der Waals surface area contributed by atoms with Crippen molar-refractivity contribution in [3.63, 3.8) is 0 Å². The van der Waals surface area contributed by atoms with Crippen LogP contribution in [0.25, 0.3) is 11.7 Å². The van der Waals surface area contributed by atoms with Gasteiger partial charge in [-0.05, 0) is 12.5 Å². The number of hydrogen-bond donors (Lipinski definition) is 1. The Morgan fingerprint density at radius 2 is 2.47 bits per heavy atom. The van der Waals surface area contributed by atoms with Gasteiger partial charge in [0, 0.05) is 24.0 Å². The zero-order valence-corrected chi connectivity index (χ0v) is 8.40. The zero-order valence-electron chi connectivity index (χ0n) is 8.40. The Kier molecular flexibility index (Phi) is 1.59. The summed E-state index contributed by atoms with van der Waals surface area (Å²) >= 11 is 0. The van der Waals surface area contributed by atoms with Crippen molar-refractivity contribution in [3.05, 3.63) is 40.2 Å². The third-order valence-corrected chi connectivity index (χ3v) is 2.89. The number of imidazole rings is 1. The molecule has 0 radical (unpaired) electrons. The van der Waals surface area contributed by atoms with Gasteiger partial charge < -0.3 is 4.98 Å². The maximum atomic E-state index is 11.7. The first kappa shape index (κ1) is 8.47. The monoisotopic (exact) mass is 201 g/mol. The third kappa shape index (κ3) is 1.08. The molecular weight excluding hydrogens is 190 g/mol. The molecule has 76 valence electrons. The minimum absolute atomic E-state index is 0.110. The Balaban J connectivity index is 2.49. The summed E-state index contributed by atoms with van der Waals surface area (Å²) in [6.07, 6.45) is 8.62. The molecule has 1 N–H and O–H groups in total. The van der Waals surface area contributed by atoms with Gasteiger partial charge in [0.1, 0.15) is 0 Å². The first-order valence-electron chi connectivity index (χ1n) is 5.03. The molecule has 0 fully saturated rings. The summed E-state index contributed by atoms with van der Waals surface area (Å²) in [5, 5.41) is 0. The highest BCUT2D eigenvalue weighted by molar-refractivity contribution is 5.56. The molecule has 0 spiro atoms. The van der Waals surface area contributed by atoms with Crippen molar-refractivity contribution in [1.29, 1.82) is 0 Å². The van der Waals surface area contributed by atoms with Crippen molar-refractivity contribution in [2.24, 2.45) is 0 Å². The third-order valence-electron chi connectivity index (χ3n) is 2.89. The van der Waals surface area contributed by atoms with Crippen LogP contribution in [0.3, 0.4) is 0 Å². The van der Waals surface area contributed by atoms with Gasteiger partial charge in [-0.3, -0.25) is 9.20 Å². The normalized spacial score (nSPS) is 19.4. The van der Waals surface area contributed by atoms with Gasteiger partial charge in [0.15, 0.2) is 0 Å². The highest BCUT2D eigenvalue weighted by atomic mass is 16.1. The zero-order chi connectivity index (χ0) is 10.4. The van der Waals surface area contributed by atoms with E-state index in [9.17, 15) is 4.79 Å². The molecule has 2 aromatic heterocycles. The predicted molar refractivity (Wildman–Crippen MR) is 57.9 cm³/mol. The molecule has 2 heterocycles. The molecule has 0 saturated carbocycles. The molecule has 1 atom stereocenters. The van der Waals surface area contributed by atoms with Crippen LogP contribution in [0.4, 0.5) is 0 Å². The minimum atomic E-state index is -0.110. The molecule has 0 saturated heterocycles. The molecule has 4 nitrogen and oxygen atoms in total. The molecule has 2 aromatic rings. The number of fused-ring (bicyclic) bond motifs is 3. The number of allylic oxidation sites excluding steroid dienone is 1. The van der Waals surface area contributed by atoms with E-state index in [2.05, 4.69) is 23.0 Å². The molecule has 1 aliphatic carbocycles. The lowest BCUT2D eigenvalue weighted by Gasteiger charge is -2.17. The molecule has 0 aliphatic heterocycles. The Hall–Kier alpha value is -1.84. The quantitative estimate of drug-likeness (QED) is 0.703. The van der Waals surface area contributed by atoms with Crippen LogP contribution >= 0.6 is 0 Å². The summed E-state index contributed by atoms with van der Waals surface area (Å²) in [5.74, 6) is 0.365. The summed E-state index contributed by atoms with van der Waals surface area (Å²) in [7, 11) is 0. The van der Waals surface area contributed by atoms with Crippen molar-refractivity contribution in [1.82, 2.24) is 14.4 Å². The van der Waals surface area contributed by atoms with Crippen molar-refractivity contribution >= 4 is 11.7 Å². The van der Waals surface area contributed by atoms with Crippen LogP contribution in [0.5, 0.6) is 0 Å². The van der Waals surface area contributed by atoms with Gasteiger partial charge in [-0.25, -0.2) is 4.98 Å². The second kappa shape index (κ2) is 2.82. The lowest BCUT2D eigenvalue weighted by atomic mass is 9.96. The number of H-pyrrole nitrogens is 1. The summed E-state index contributed by atoms with van der Waals surface area (Å²) in [4.78, 5) is 18.6.